The van der Waals surface area contributed by atoms with Gasteiger partial charge in [-0.25, -0.2) is 5.84 Å². The first kappa shape index (κ1) is 12.8. The van der Waals surface area contributed by atoms with E-state index in [1.165, 1.54) is 19.4 Å². The Hall–Kier alpha value is -0.690. The molecule has 2 aliphatic rings. The van der Waals surface area contributed by atoms with E-state index in [2.05, 4.69) is 15.2 Å². The molecule has 6 heteroatoms. The molecule has 0 aliphatic carbocycles. The normalized spacial score (nSPS) is 27.8. The molecule has 2 atom stereocenters. The number of carbonyl (C=O) groups excluding carboxylic acids is 1. The fraction of sp³-hybridized carbons (Fsp3) is 0.909. The van der Waals surface area contributed by atoms with Crippen LogP contribution >= 0.6 is 0 Å². The van der Waals surface area contributed by atoms with Crippen molar-refractivity contribution in [1.82, 2.24) is 15.2 Å². The highest BCUT2D eigenvalue weighted by Crippen LogP contribution is 2.22. The summed E-state index contributed by atoms with van der Waals surface area (Å²) in [7, 11) is 1.61. The van der Waals surface area contributed by atoms with Crippen LogP contribution in [0.3, 0.4) is 0 Å². The zero-order valence-corrected chi connectivity index (χ0v) is 10.4. The molecule has 0 aromatic heterocycles. The minimum absolute atomic E-state index is 0.154. The number of fused-ring (bicyclic) bond motifs is 1. The molecule has 17 heavy (non-hydrogen) atoms. The number of ether oxygens (including phenoxy) is 1. The van der Waals surface area contributed by atoms with Crippen molar-refractivity contribution < 1.29 is 9.53 Å². The van der Waals surface area contributed by atoms with Crippen LogP contribution in [0.5, 0.6) is 0 Å². The first-order valence-corrected chi connectivity index (χ1v) is 6.23. The van der Waals surface area contributed by atoms with Crippen molar-refractivity contribution in [1.29, 1.82) is 0 Å². The van der Waals surface area contributed by atoms with Crippen LogP contribution in [-0.2, 0) is 9.53 Å². The smallest absolute Gasteiger partial charge is 0.253 e. The second kappa shape index (κ2) is 5.77. The first-order chi connectivity index (χ1) is 8.26. The first-order valence-electron chi connectivity index (χ1n) is 6.23. The number of nitrogens with one attached hydrogen (secondary N) is 1. The lowest BCUT2D eigenvalue weighted by atomic mass is 10.1. The Labute approximate surface area is 102 Å². The average molecular weight is 242 g/mol. The number of amides is 1. The number of rotatable bonds is 4. The van der Waals surface area contributed by atoms with E-state index >= 15 is 0 Å². The van der Waals surface area contributed by atoms with Gasteiger partial charge >= 0.3 is 0 Å². The fourth-order valence-electron chi connectivity index (χ4n) is 2.90. The quantitative estimate of drug-likeness (QED) is 0.367. The molecule has 1 amide bonds. The maximum Gasteiger partial charge on any atom is 0.253 e. The third-order valence-corrected chi connectivity index (χ3v) is 3.83. The van der Waals surface area contributed by atoms with Crippen LogP contribution in [0.15, 0.2) is 0 Å². The van der Waals surface area contributed by atoms with Crippen molar-refractivity contribution in [2.45, 2.75) is 24.9 Å². The van der Waals surface area contributed by atoms with Gasteiger partial charge in [0.05, 0.1) is 6.61 Å². The predicted octanol–water partition coefficient (Wildman–Crippen LogP) is -1.23. The van der Waals surface area contributed by atoms with Crippen molar-refractivity contribution in [3.63, 3.8) is 0 Å². The largest absolute Gasteiger partial charge is 0.383 e. The van der Waals surface area contributed by atoms with Gasteiger partial charge in [0.1, 0.15) is 6.04 Å². The Morgan fingerprint density at radius 2 is 2.35 bits per heavy atom. The molecule has 0 bridgehead atoms. The monoisotopic (exact) mass is 242 g/mol. The van der Waals surface area contributed by atoms with Crippen LogP contribution in [0.1, 0.15) is 12.8 Å². The summed E-state index contributed by atoms with van der Waals surface area (Å²) in [4.78, 5) is 16.4. The van der Waals surface area contributed by atoms with E-state index in [0.717, 1.165) is 19.6 Å². The highest BCUT2D eigenvalue weighted by molar-refractivity contribution is 5.81. The Balaban J connectivity index is 1.96. The number of nitrogens with zero attached hydrogens (tertiary/aromatic N) is 2. The molecule has 6 nitrogen and oxygen atoms in total. The van der Waals surface area contributed by atoms with Crippen molar-refractivity contribution in [3.8, 4) is 0 Å². The molecule has 0 aromatic rings. The van der Waals surface area contributed by atoms with Crippen molar-refractivity contribution >= 4 is 5.91 Å². The number of methoxy groups -OCH3 is 1. The molecular formula is C11H22N4O2. The van der Waals surface area contributed by atoms with E-state index in [1.807, 2.05) is 0 Å². The minimum atomic E-state index is -0.257. The van der Waals surface area contributed by atoms with Gasteiger partial charge in [0, 0.05) is 32.8 Å². The van der Waals surface area contributed by atoms with Crippen molar-refractivity contribution in [2.75, 3.05) is 39.9 Å². The predicted molar refractivity (Wildman–Crippen MR) is 64.2 cm³/mol. The van der Waals surface area contributed by atoms with Crippen LogP contribution in [0.2, 0.25) is 0 Å². The van der Waals surface area contributed by atoms with E-state index in [0.29, 0.717) is 12.6 Å². The van der Waals surface area contributed by atoms with Crippen LogP contribution in [-0.4, -0.2) is 67.7 Å². The topological polar surface area (TPSA) is 70.8 Å². The van der Waals surface area contributed by atoms with Gasteiger partial charge in [-0.3, -0.25) is 20.0 Å². The van der Waals surface area contributed by atoms with Crippen LogP contribution in [0.4, 0.5) is 0 Å². The van der Waals surface area contributed by atoms with Crippen LogP contribution in [0.25, 0.3) is 0 Å². The molecule has 0 spiro atoms. The Kier molecular flexibility index (Phi) is 4.33. The highest BCUT2D eigenvalue weighted by Gasteiger charge is 2.35. The van der Waals surface area contributed by atoms with Gasteiger partial charge in [-0.1, -0.05) is 0 Å². The zero-order valence-electron chi connectivity index (χ0n) is 10.4. The van der Waals surface area contributed by atoms with Gasteiger partial charge in [0.25, 0.3) is 5.91 Å². The third-order valence-electron chi connectivity index (χ3n) is 3.83. The summed E-state index contributed by atoms with van der Waals surface area (Å²) in [5.74, 6) is 5.07. The number of hydrazine groups is 1. The number of hydrogen-bond donors (Lipinski definition) is 2. The molecule has 2 heterocycles. The summed E-state index contributed by atoms with van der Waals surface area (Å²) in [5.41, 5.74) is 2.23. The highest BCUT2D eigenvalue weighted by atomic mass is 16.5. The Bertz CT molecular complexity index is 274. The van der Waals surface area contributed by atoms with Gasteiger partial charge in [-0.15, -0.1) is 0 Å². The summed E-state index contributed by atoms with van der Waals surface area (Å²) in [5, 5.41) is 0. The lowest BCUT2D eigenvalue weighted by Crippen LogP contribution is -2.59. The number of nitrogens with two attached hydrogens (primary N) is 1. The molecule has 3 N–H and O–H groups in total. The van der Waals surface area contributed by atoms with Gasteiger partial charge in [-0.2, -0.15) is 0 Å². The van der Waals surface area contributed by atoms with Gasteiger partial charge in [-0.05, 0) is 19.4 Å². The van der Waals surface area contributed by atoms with E-state index in [9.17, 15) is 4.79 Å². The number of piperazine rings is 1. The fourth-order valence-corrected chi connectivity index (χ4v) is 2.90. The molecule has 0 radical (unpaired) electrons. The van der Waals surface area contributed by atoms with Crippen LogP contribution in [0, 0.1) is 0 Å². The molecule has 2 fully saturated rings. The van der Waals surface area contributed by atoms with E-state index in [4.69, 9.17) is 10.6 Å². The SMILES string of the molecule is COCC(C(=O)NN)N1CCN2CCCC2C1. The van der Waals surface area contributed by atoms with Crippen LogP contribution < -0.4 is 11.3 Å². The van der Waals surface area contributed by atoms with E-state index in [1.54, 1.807) is 7.11 Å². The molecule has 2 rings (SSSR count). The Morgan fingerprint density at radius 3 is 3.06 bits per heavy atom. The molecular weight excluding hydrogens is 220 g/mol. The van der Waals surface area contributed by atoms with Crippen molar-refractivity contribution in [2.24, 2.45) is 5.84 Å². The number of hydrogen-bond acceptors (Lipinski definition) is 5. The maximum absolute atomic E-state index is 11.7. The summed E-state index contributed by atoms with van der Waals surface area (Å²) >= 11 is 0. The second-order valence-electron chi connectivity index (χ2n) is 4.81. The van der Waals surface area contributed by atoms with E-state index < -0.39 is 0 Å². The Morgan fingerprint density at radius 1 is 1.53 bits per heavy atom. The van der Waals surface area contributed by atoms with Gasteiger partial charge < -0.3 is 4.74 Å². The summed E-state index contributed by atoms with van der Waals surface area (Å²) in [6, 6.07) is 0.349. The molecule has 98 valence electrons. The number of carbonyl (C=O) groups is 1. The lowest BCUT2D eigenvalue weighted by molar-refractivity contribution is -0.129. The summed E-state index contributed by atoms with van der Waals surface area (Å²) < 4.78 is 5.12. The zero-order chi connectivity index (χ0) is 12.3. The van der Waals surface area contributed by atoms with E-state index in [-0.39, 0.29) is 11.9 Å². The summed E-state index contributed by atoms with van der Waals surface area (Å²) in [6.45, 7) is 4.51. The lowest BCUT2D eigenvalue weighted by Gasteiger charge is -2.40. The third kappa shape index (κ3) is 2.77. The molecule has 2 aliphatic heterocycles. The standard InChI is InChI=1S/C11H22N4O2/c1-17-8-10(11(16)13-12)15-6-5-14-4-2-3-9(14)7-15/h9-10H,2-8,12H2,1H3,(H,13,16). The molecule has 0 aromatic carbocycles. The minimum Gasteiger partial charge on any atom is -0.383 e. The molecule has 2 saturated heterocycles. The summed E-state index contributed by atoms with van der Waals surface area (Å²) in [6.07, 6.45) is 2.51. The molecule has 0 saturated carbocycles. The van der Waals surface area contributed by atoms with Gasteiger partial charge in [0.15, 0.2) is 0 Å². The second-order valence-corrected chi connectivity index (χ2v) is 4.81. The van der Waals surface area contributed by atoms with Gasteiger partial charge in [0.2, 0.25) is 0 Å². The van der Waals surface area contributed by atoms with Crippen molar-refractivity contribution in [3.05, 3.63) is 0 Å². The maximum atomic E-state index is 11.7. The molecule has 2 unspecified atom stereocenters. The average Bonchev–Trinajstić information content (AvgIpc) is 2.82.